The third kappa shape index (κ3) is 1.62. The molecule has 90 valence electrons. The van der Waals surface area contributed by atoms with Crippen molar-refractivity contribution in [3.63, 3.8) is 0 Å². The van der Waals surface area contributed by atoms with Gasteiger partial charge in [0.2, 0.25) is 0 Å². The second-order valence-electron chi connectivity index (χ2n) is 4.43. The van der Waals surface area contributed by atoms with Crippen LogP contribution >= 0.6 is 0 Å². The summed E-state index contributed by atoms with van der Waals surface area (Å²) in [5.74, 6) is 0.585. The largest absolute Gasteiger partial charge is 0.338 e. The molecule has 18 heavy (non-hydrogen) atoms. The topological polar surface area (TPSA) is 54.0 Å². The molecule has 0 spiro atoms. The summed E-state index contributed by atoms with van der Waals surface area (Å²) in [7, 11) is 0. The lowest BCUT2D eigenvalue weighted by molar-refractivity contribution is 0.102. The van der Waals surface area contributed by atoms with E-state index in [0.717, 1.165) is 16.9 Å². The van der Waals surface area contributed by atoms with E-state index in [1.165, 1.54) is 0 Å². The van der Waals surface area contributed by atoms with Crippen molar-refractivity contribution in [2.75, 3.05) is 10.6 Å². The summed E-state index contributed by atoms with van der Waals surface area (Å²) in [4.78, 5) is 16.5. The van der Waals surface area contributed by atoms with Crippen LogP contribution in [0.15, 0.2) is 30.3 Å². The van der Waals surface area contributed by atoms with Crippen LogP contribution in [-0.2, 0) is 0 Å². The number of hydrogen-bond donors (Lipinski definition) is 2. The van der Waals surface area contributed by atoms with E-state index in [-0.39, 0.29) is 5.91 Å². The molecule has 1 aliphatic heterocycles. The van der Waals surface area contributed by atoms with Crippen LogP contribution in [0.2, 0.25) is 0 Å². The van der Waals surface area contributed by atoms with Crippen molar-refractivity contribution in [3.05, 3.63) is 47.2 Å². The number of para-hydroxylation sites is 1. The number of carbonyl (C=O) groups excluding carboxylic acids is 1. The van der Waals surface area contributed by atoms with E-state index >= 15 is 0 Å². The highest BCUT2D eigenvalue weighted by Crippen LogP contribution is 2.32. The Labute approximate surface area is 105 Å². The van der Waals surface area contributed by atoms with E-state index in [2.05, 4.69) is 15.6 Å². The highest BCUT2D eigenvalue weighted by atomic mass is 16.1. The molecule has 1 aromatic heterocycles. The Balaban J connectivity index is 2.21. The van der Waals surface area contributed by atoms with Crippen LogP contribution in [0.5, 0.6) is 0 Å². The van der Waals surface area contributed by atoms with E-state index < -0.39 is 0 Å². The van der Waals surface area contributed by atoms with Gasteiger partial charge in [-0.05, 0) is 37.6 Å². The van der Waals surface area contributed by atoms with Crippen LogP contribution in [0.25, 0.3) is 0 Å². The molecule has 1 aromatic carbocycles. The first-order chi connectivity index (χ1) is 8.65. The molecule has 1 aliphatic rings. The molecule has 2 aromatic rings. The summed E-state index contributed by atoms with van der Waals surface area (Å²) >= 11 is 0. The van der Waals surface area contributed by atoms with Crippen molar-refractivity contribution < 1.29 is 4.79 Å². The zero-order valence-corrected chi connectivity index (χ0v) is 10.2. The van der Waals surface area contributed by atoms with Crippen LogP contribution in [0.3, 0.4) is 0 Å². The first kappa shape index (κ1) is 10.8. The zero-order chi connectivity index (χ0) is 12.7. The molecule has 0 atom stereocenters. The Bertz CT molecular complexity index is 649. The fourth-order valence-electron chi connectivity index (χ4n) is 2.08. The number of rotatable bonds is 0. The molecule has 4 nitrogen and oxygen atoms in total. The van der Waals surface area contributed by atoms with Crippen LogP contribution in [0.1, 0.15) is 21.6 Å². The predicted octanol–water partition coefficient (Wildman–Crippen LogP) is 3.01. The minimum absolute atomic E-state index is 0.106. The summed E-state index contributed by atoms with van der Waals surface area (Å²) in [6.45, 7) is 3.90. The molecule has 0 saturated heterocycles. The van der Waals surface area contributed by atoms with Gasteiger partial charge < -0.3 is 10.6 Å². The maximum Gasteiger partial charge on any atom is 0.257 e. The summed E-state index contributed by atoms with van der Waals surface area (Å²) < 4.78 is 0. The molecule has 4 heteroatoms. The number of nitrogens with one attached hydrogen (secondary N) is 2. The van der Waals surface area contributed by atoms with Gasteiger partial charge in [-0.15, -0.1) is 0 Å². The first-order valence-corrected chi connectivity index (χ1v) is 5.81. The summed E-state index contributed by atoms with van der Waals surface area (Å²) in [6, 6.07) is 9.40. The lowest BCUT2D eigenvalue weighted by Gasteiger charge is -2.10. The number of benzene rings is 1. The molecule has 1 amide bonds. The van der Waals surface area contributed by atoms with Gasteiger partial charge in [0, 0.05) is 5.69 Å². The van der Waals surface area contributed by atoms with Gasteiger partial charge in [0.1, 0.15) is 0 Å². The van der Waals surface area contributed by atoms with E-state index in [1.807, 2.05) is 44.2 Å². The molecule has 0 aliphatic carbocycles. The number of pyridine rings is 1. The van der Waals surface area contributed by atoms with Gasteiger partial charge in [0.25, 0.3) is 5.91 Å². The maximum absolute atomic E-state index is 12.1. The molecule has 0 unspecified atom stereocenters. The van der Waals surface area contributed by atoms with Crippen molar-refractivity contribution in [3.8, 4) is 0 Å². The molecular weight excluding hydrogens is 226 g/mol. The highest BCUT2D eigenvalue weighted by Gasteiger charge is 2.20. The van der Waals surface area contributed by atoms with Crippen LogP contribution in [0, 0.1) is 13.8 Å². The average molecular weight is 239 g/mol. The lowest BCUT2D eigenvalue weighted by Crippen LogP contribution is -2.10. The average Bonchev–Trinajstić information content (AvgIpc) is 2.47. The van der Waals surface area contributed by atoms with Crippen LogP contribution < -0.4 is 10.6 Å². The molecule has 0 fully saturated rings. The number of nitrogens with zero attached hydrogens (tertiary/aromatic N) is 1. The smallest absolute Gasteiger partial charge is 0.257 e. The molecule has 0 saturated carbocycles. The van der Waals surface area contributed by atoms with Crippen molar-refractivity contribution in [2.45, 2.75) is 13.8 Å². The van der Waals surface area contributed by atoms with Crippen molar-refractivity contribution in [1.82, 2.24) is 4.98 Å². The number of amides is 1. The minimum Gasteiger partial charge on any atom is -0.338 e. The minimum atomic E-state index is -0.106. The number of carbonyl (C=O) groups is 1. The molecule has 2 N–H and O–H groups in total. The monoisotopic (exact) mass is 239 g/mol. The predicted molar refractivity (Wildman–Crippen MR) is 71.4 cm³/mol. The molecule has 0 radical (unpaired) electrons. The number of fused-ring (bicyclic) bond motifs is 2. The Hall–Kier alpha value is -2.36. The molecular formula is C14H13N3O. The van der Waals surface area contributed by atoms with E-state index in [0.29, 0.717) is 17.1 Å². The van der Waals surface area contributed by atoms with Gasteiger partial charge in [0.05, 0.1) is 16.9 Å². The second-order valence-corrected chi connectivity index (χ2v) is 4.43. The quantitative estimate of drug-likeness (QED) is 0.743. The van der Waals surface area contributed by atoms with Gasteiger partial charge in [-0.3, -0.25) is 4.79 Å². The van der Waals surface area contributed by atoms with Crippen molar-refractivity contribution >= 4 is 23.1 Å². The van der Waals surface area contributed by atoms with Gasteiger partial charge in [-0.2, -0.15) is 0 Å². The fourth-order valence-corrected chi connectivity index (χ4v) is 2.08. The Kier molecular flexibility index (Phi) is 2.30. The van der Waals surface area contributed by atoms with Gasteiger partial charge >= 0.3 is 0 Å². The van der Waals surface area contributed by atoms with Crippen molar-refractivity contribution in [1.29, 1.82) is 0 Å². The third-order valence-electron chi connectivity index (χ3n) is 3.04. The Morgan fingerprint density at radius 1 is 1.06 bits per heavy atom. The summed E-state index contributed by atoms with van der Waals surface area (Å²) in [5, 5.41) is 6.12. The van der Waals surface area contributed by atoms with E-state index in [1.54, 1.807) is 0 Å². The molecule has 0 bridgehead atoms. The highest BCUT2D eigenvalue weighted by molar-refractivity contribution is 6.12. The fraction of sp³-hybridized carbons (Fsp3) is 0.143. The summed E-state index contributed by atoms with van der Waals surface area (Å²) in [5.41, 5.74) is 4.12. The van der Waals surface area contributed by atoms with Crippen molar-refractivity contribution in [2.24, 2.45) is 0 Å². The zero-order valence-electron chi connectivity index (χ0n) is 10.2. The molecule has 3 rings (SSSR count). The lowest BCUT2D eigenvalue weighted by atomic mass is 10.1. The van der Waals surface area contributed by atoms with Gasteiger partial charge in [0.15, 0.2) is 5.82 Å². The number of aryl methyl sites for hydroxylation is 2. The van der Waals surface area contributed by atoms with E-state index in [4.69, 9.17) is 0 Å². The van der Waals surface area contributed by atoms with Crippen LogP contribution in [-0.4, -0.2) is 10.9 Å². The summed E-state index contributed by atoms with van der Waals surface area (Å²) in [6.07, 6.45) is 0. The maximum atomic E-state index is 12.1. The molecule has 2 heterocycles. The number of hydrogen-bond acceptors (Lipinski definition) is 3. The number of anilines is 3. The standard InChI is InChI=1S/C14H13N3O/c1-8-4-3-5-10-12(8)17-13-11(16-14(10)18)7-6-9(2)15-13/h3-7H,1-2H3,(H,15,17)(H,16,18). The SMILES string of the molecule is Cc1ccc2c(n1)Nc1c(C)cccc1C(=O)N2. The normalized spacial score (nSPS) is 12.9. The van der Waals surface area contributed by atoms with E-state index in [9.17, 15) is 4.79 Å². The second kappa shape index (κ2) is 3.84. The van der Waals surface area contributed by atoms with Crippen LogP contribution in [0.4, 0.5) is 17.2 Å². The number of aromatic nitrogens is 1. The third-order valence-corrected chi connectivity index (χ3v) is 3.04. The Morgan fingerprint density at radius 2 is 1.89 bits per heavy atom. The van der Waals surface area contributed by atoms with Gasteiger partial charge in [-0.1, -0.05) is 12.1 Å². The first-order valence-electron chi connectivity index (χ1n) is 5.81. The van der Waals surface area contributed by atoms with Gasteiger partial charge in [-0.25, -0.2) is 4.98 Å². The Morgan fingerprint density at radius 3 is 2.72 bits per heavy atom.